The van der Waals surface area contributed by atoms with Crippen molar-refractivity contribution >= 4 is 23.1 Å². The lowest BCUT2D eigenvalue weighted by molar-refractivity contribution is 0.398. The SMILES string of the molecule is COc1cc(NCCc2nccs2)nc(N)n1. The molecule has 0 fully saturated rings. The molecule has 0 aliphatic heterocycles. The van der Waals surface area contributed by atoms with E-state index in [0.29, 0.717) is 11.7 Å². The number of thiazole rings is 1. The van der Waals surface area contributed by atoms with Crippen LogP contribution in [0.1, 0.15) is 5.01 Å². The molecule has 0 aliphatic carbocycles. The van der Waals surface area contributed by atoms with Gasteiger partial charge in [0.1, 0.15) is 5.82 Å². The molecule has 2 aromatic heterocycles. The predicted molar refractivity (Wildman–Crippen MR) is 67.3 cm³/mol. The van der Waals surface area contributed by atoms with E-state index in [-0.39, 0.29) is 5.95 Å². The quantitative estimate of drug-likeness (QED) is 0.830. The number of methoxy groups -OCH3 is 1. The Bertz CT molecular complexity index is 474. The molecule has 0 spiro atoms. The molecule has 0 aromatic carbocycles. The summed E-state index contributed by atoms with van der Waals surface area (Å²) < 4.78 is 5.01. The van der Waals surface area contributed by atoms with E-state index in [1.54, 1.807) is 30.7 Å². The van der Waals surface area contributed by atoms with E-state index in [1.807, 2.05) is 5.38 Å². The Morgan fingerprint density at radius 2 is 2.35 bits per heavy atom. The number of nitrogen functional groups attached to an aromatic ring is 1. The van der Waals surface area contributed by atoms with Gasteiger partial charge in [-0.3, -0.25) is 0 Å². The number of nitrogens with one attached hydrogen (secondary N) is 1. The van der Waals surface area contributed by atoms with Gasteiger partial charge in [-0.25, -0.2) is 4.98 Å². The molecule has 2 rings (SSSR count). The number of anilines is 2. The molecule has 0 saturated carbocycles. The van der Waals surface area contributed by atoms with E-state index in [2.05, 4.69) is 20.3 Å². The van der Waals surface area contributed by atoms with Crippen molar-refractivity contribution in [3.63, 3.8) is 0 Å². The molecular formula is C10H13N5OS. The number of aromatic nitrogens is 3. The van der Waals surface area contributed by atoms with Gasteiger partial charge >= 0.3 is 0 Å². The van der Waals surface area contributed by atoms with E-state index >= 15 is 0 Å². The molecule has 0 aliphatic rings. The second kappa shape index (κ2) is 5.44. The van der Waals surface area contributed by atoms with E-state index < -0.39 is 0 Å². The Morgan fingerprint density at radius 1 is 1.47 bits per heavy atom. The molecule has 2 heterocycles. The maximum absolute atomic E-state index is 5.55. The highest BCUT2D eigenvalue weighted by Gasteiger charge is 2.02. The first-order valence-electron chi connectivity index (χ1n) is 5.08. The number of hydrogen-bond donors (Lipinski definition) is 2. The van der Waals surface area contributed by atoms with Crippen molar-refractivity contribution in [2.75, 3.05) is 24.7 Å². The summed E-state index contributed by atoms with van der Waals surface area (Å²) >= 11 is 1.64. The van der Waals surface area contributed by atoms with Crippen LogP contribution in [0.15, 0.2) is 17.6 Å². The molecule has 3 N–H and O–H groups in total. The highest BCUT2D eigenvalue weighted by molar-refractivity contribution is 7.09. The van der Waals surface area contributed by atoms with Crippen molar-refractivity contribution in [3.8, 4) is 5.88 Å². The first-order chi connectivity index (χ1) is 8.28. The Morgan fingerprint density at radius 3 is 3.06 bits per heavy atom. The van der Waals surface area contributed by atoms with Gasteiger partial charge in [-0.1, -0.05) is 0 Å². The zero-order valence-electron chi connectivity index (χ0n) is 9.38. The summed E-state index contributed by atoms with van der Waals surface area (Å²) in [4.78, 5) is 12.2. The summed E-state index contributed by atoms with van der Waals surface area (Å²) in [7, 11) is 1.54. The molecule has 0 atom stereocenters. The topological polar surface area (TPSA) is 86.0 Å². The number of hydrogen-bond acceptors (Lipinski definition) is 7. The zero-order valence-corrected chi connectivity index (χ0v) is 10.2. The lowest BCUT2D eigenvalue weighted by Gasteiger charge is -2.06. The maximum Gasteiger partial charge on any atom is 0.225 e. The van der Waals surface area contributed by atoms with Crippen molar-refractivity contribution in [1.82, 2.24) is 15.0 Å². The smallest absolute Gasteiger partial charge is 0.225 e. The van der Waals surface area contributed by atoms with Crippen LogP contribution in [0.5, 0.6) is 5.88 Å². The van der Waals surface area contributed by atoms with Crippen molar-refractivity contribution in [2.45, 2.75) is 6.42 Å². The Kier molecular flexibility index (Phi) is 3.71. The first-order valence-corrected chi connectivity index (χ1v) is 5.96. The fourth-order valence-corrected chi connectivity index (χ4v) is 1.93. The summed E-state index contributed by atoms with van der Waals surface area (Å²) in [6.45, 7) is 0.743. The average Bonchev–Trinajstić information content (AvgIpc) is 2.81. The molecule has 6 nitrogen and oxygen atoms in total. The number of nitrogens with zero attached hydrogens (tertiary/aromatic N) is 3. The van der Waals surface area contributed by atoms with Crippen LogP contribution in [0.4, 0.5) is 11.8 Å². The molecular weight excluding hydrogens is 238 g/mol. The fraction of sp³-hybridized carbons (Fsp3) is 0.300. The average molecular weight is 251 g/mol. The summed E-state index contributed by atoms with van der Waals surface area (Å²) in [6.07, 6.45) is 2.65. The van der Waals surface area contributed by atoms with Gasteiger partial charge in [0.25, 0.3) is 0 Å². The van der Waals surface area contributed by atoms with E-state index in [4.69, 9.17) is 10.5 Å². The van der Waals surface area contributed by atoms with Crippen molar-refractivity contribution in [2.24, 2.45) is 0 Å². The number of ether oxygens (including phenoxy) is 1. The van der Waals surface area contributed by atoms with Gasteiger partial charge in [0, 0.05) is 30.6 Å². The normalized spacial score (nSPS) is 10.2. The van der Waals surface area contributed by atoms with Crippen LogP contribution in [0.25, 0.3) is 0 Å². The second-order valence-corrected chi connectivity index (χ2v) is 4.24. The van der Waals surface area contributed by atoms with Crippen LogP contribution in [0, 0.1) is 0 Å². The third kappa shape index (κ3) is 3.28. The molecule has 17 heavy (non-hydrogen) atoms. The van der Waals surface area contributed by atoms with E-state index in [0.717, 1.165) is 18.0 Å². The summed E-state index contributed by atoms with van der Waals surface area (Å²) in [5.74, 6) is 1.31. The molecule has 0 saturated heterocycles. The standard InChI is InChI=1S/C10H13N5OS/c1-16-8-6-7(14-10(11)15-8)12-3-2-9-13-4-5-17-9/h4-6H,2-3H2,1H3,(H3,11,12,14,15). The molecule has 7 heteroatoms. The number of rotatable bonds is 5. The lowest BCUT2D eigenvalue weighted by atomic mass is 10.4. The molecule has 0 unspecified atom stereocenters. The highest BCUT2D eigenvalue weighted by atomic mass is 32.1. The van der Waals surface area contributed by atoms with Gasteiger partial charge in [0.2, 0.25) is 11.8 Å². The van der Waals surface area contributed by atoms with Gasteiger partial charge in [-0.15, -0.1) is 11.3 Å². The highest BCUT2D eigenvalue weighted by Crippen LogP contribution is 2.14. The maximum atomic E-state index is 5.55. The van der Waals surface area contributed by atoms with Crippen LogP contribution in [-0.4, -0.2) is 28.6 Å². The third-order valence-corrected chi connectivity index (χ3v) is 2.90. The van der Waals surface area contributed by atoms with E-state index in [1.165, 1.54) is 0 Å². The lowest BCUT2D eigenvalue weighted by Crippen LogP contribution is -2.08. The van der Waals surface area contributed by atoms with Gasteiger partial charge in [0.05, 0.1) is 12.1 Å². The summed E-state index contributed by atoms with van der Waals surface area (Å²) in [5, 5.41) is 6.20. The minimum Gasteiger partial charge on any atom is -0.481 e. The van der Waals surface area contributed by atoms with Crippen molar-refractivity contribution < 1.29 is 4.74 Å². The van der Waals surface area contributed by atoms with Gasteiger partial charge in [-0.2, -0.15) is 9.97 Å². The van der Waals surface area contributed by atoms with Gasteiger partial charge in [-0.05, 0) is 0 Å². The van der Waals surface area contributed by atoms with Crippen molar-refractivity contribution in [1.29, 1.82) is 0 Å². The minimum absolute atomic E-state index is 0.195. The zero-order chi connectivity index (χ0) is 12.1. The first kappa shape index (κ1) is 11.6. The van der Waals surface area contributed by atoms with Gasteiger partial charge in [0.15, 0.2) is 0 Å². The molecule has 0 radical (unpaired) electrons. The molecule has 90 valence electrons. The Labute approximate surface area is 103 Å². The van der Waals surface area contributed by atoms with Crippen molar-refractivity contribution in [3.05, 3.63) is 22.7 Å². The van der Waals surface area contributed by atoms with E-state index in [9.17, 15) is 0 Å². The molecule has 0 amide bonds. The third-order valence-electron chi connectivity index (χ3n) is 2.06. The molecule has 0 bridgehead atoms. The minimum atomic E-state index is 0.195. The van der Waals surface area contributed by atoms with Crippen LogP contribution in [-0.2, 0) is 6.42 Å². The van der Waals surface area contributed by atoms with Crippen LogP contribution in [0.3, 0.4) is 0 Å². The monoisotopic (exact) mass is 251 g/mol. The predicted octanol–water partition coefficient (Wildman–Crippen LogP) is 1.18. The summed E-state index contributed by atoms with van der Waals surface area (Å²) in [5.41, 5.74) is 5.55. The fourth-order valence-electron chi connectivity index (χ4n) is 1.31. The van der Waals surface area contributed by atoms with Crippen LogP contribution < -0.4 is 15.8 Å². The number of nitrogens with two attached hydrogens (primary N) is 1. The van der Waals surface area contributed by atoms with Gasteiger partial charge < -0.3 is 15.8 Å². The van der Waals surface area contributed by atoms with Crippen LogP contribution in [0.2, 0.25) is 0 Å². The van der Waals surface area contributed by atoms with Crippen LogP contribution >= 0.6 is 11.3 Å². The Balaban J connectivity index is 1.92. The second-order valence-electron chi connectivity index (χ2n) is 3.26. The largest absolute Gasteiger partial charge is 0.481 e. The Hall–Kier alpha value is -1.89. The molecule has 2 aromatic rings. The summed E-state index contributed by atoms with van der Waals surface area (Å²) in [6, 6.07) is 1.71.